The van der Waals surface area contributed by atoms with Gasteiger partial charge in [0, 0.05) is 38.1 Å². The summed E-state index contributed by atoms with van der Waals surface area (Å²) in [5.41, 5.74) is 4.32. The van der Waals surface area contributed by atoms with Crippen LogP contribution in [0.2, 0.25) is 0 Å². The number of carbonyl (C=O) groups excluding carboxylic acids is 1. The molecular formula is C17H21N3OS. The first-order valence-corrected chi connectivity index (χ1v) is 8.46. The summed E-state index contributed by atoms with van der Waals surface area (Å²) >= 11 is 1.35. The molecule has 0 bridgehead atoms. The summed E-state index contributed by atoms with van der Waals surface area (Å²) in [4.78, 5) is 16.8. The van der Waals surface area contributed by atoms with E-state index in [0.717, 1.165) is 44.0 Å². The minimum Gasteiger partial charge on any atom is -0.336 e. The minimum atomic E-state index is 0.127. The van der Waals surface area contributed by atoms with Crippen molar-refractivity contribution in [2.45, 2.75) is 20.4 Å². The van der Waals surface area contributed by atoms with Gasteiger partial charge in [0.25, 0.3) is 5.91 Å². The molecule has 3 rings (SSSR count). The number of nitrogens with zero attached hydrogens (tertiary/aromatic N) is 3. The van der Waals surface area contributed by atoms with Crippen molar-refractivity contribution in [2.75, 3.05) is 26.2 Å². The van der Waals surface area contributed by atoms with Crippen LogP contribution in [0.4, 0.5) is 0 Å². The van der Waals surface area contributed by atoms with Gasteiger partial charge >= 0.3 is 0 Å². The second-order valence-corrected chi connectivity index (χ2v) is 6.44. The van der Waals surface area contributed by atoms with E-state index in [1.165, 1.54) is 22.7 Å². The Bertz CT molecular complexity index is 659. The number of carbonyl (C=O) groups is 1. The molecule has 2 aromatic rings. The van der Waals surface area contributed by atoms with Gasteiger partial charge in [-0.1, -0.05) is 24.3 Å². The molecule has 1 aliphatic rings. The van der Waals surface area contributed by atoms with Crippen LogP contribution in [0.15, 0.2) is 29.6 Å². The molecule has 0 atom stereocenters. The fourth-order valence-corrected chi connectivity index (χ4v) is 3.49. The van der Waals surface area contributed by atoms with Crippen LogP contribution in [0.25, 0.3) is 0 Å². The Labute approximate surface area is 135 Å². The summed E-state index contributed by atoms with van der Waals surface area (Å²) in [6, 6.07) is 8.51. The quantitative estimate of drug-likeness (QED) is 0.874. The third kappa shape index (κ3) is 3.20. The Morgan fingerprint density at radius 2 is 1.91 bits per heavy atom. The normalized spacial score (nSPS) is 16.0. The van der Waals surface area contributed by atoms with E-state index in [-0.39, 0.29) is 5.91 Å². The zero-order valence-electron chi connectivity index (χ0n) is 13.1. The number of aromatic nitrogens is 1. The summed E-state index contributed by atoms with van der Waals surface area (Å²) in [5, 5.41) is 1.86. The highest BCUT2D eigenvalue weighted by molar-refractivity contribution is 7.03. The Morgan fingerprint density at radius 1 is 1.18 bits per heavy atom. The predicted octanol–water partition coefficient (Wildman–Crippen LogP) is 2.72. The maximum absolute atomic E-state index is 12.5. The van der Waals surface area contributed by atoms with Crippen molar-refractivity contribution in [3.63, 3.8) is 0 Å². The van der Waals surface area contributed by atoms with Crippen molar-refractivity contribution in [1.29, 1.82) is 0 Å². The number of amides is 1. The number of hydrogen-bond donors (Lipinski definition) is 0. The summed E-state index contributed by atoms with van der Waals surface area (Å²) in [6.07, 6.45) is 0. The van der Waals surface area contributed by atoms with Gasteiger partial charge in [-0.2, -0.15) is 4.37 Å². The van der Waals surface area contributed by atoms with Crippen LogP contribution < -0.4 is 0 Å². The van der Waals surface area contributed by atoms with Gasteiger partial charge in [0.15, 0.2) is 0 Å². The number of benzene rings is 1. The average Bonchev–Trinajstić information content (AvgIpc) is 2.96. The van der Waals surface area contributed by atoms with Gasteiger partial charge in [-0.3, -0.25) is 9.69 Å². The van der Waals surface area contributed by atoms with E-state index >= 15 is 0 Å². The van der Waals surface area contributed by atoms with Gasteiger partial charge in [-0.25, -0.2) is 0 Å². The molecule has 22 heavy (non-hydrogen) atoms. The summed E-state index contributed by atoms with van der Waals surface area (Å²) in [5.74, 6) is 0.127. The van der Waals surface area contributed by atoms with Crippen LogP contribution >= 0.6 is 11.5 Å². The standard InChI is InChI=1S/C17H21N3OS/c1-13-5-3-4-6-15(13)11-19-7-9-20(10-8-19)17(21)16-12-22-18-14(16)2/h3-6,12H,7-11H2,1-2H3. The van der Waals surface area contributed by atoms with Crippen molar-refractivity contribution < 1.29 is 4.79 Å². The molecular weight excluding hydrogens is 294 g/mol. The van der Waals surface area contributed by atoms with Gasteiger partial charge < -0.3 is 4.90 Å². The van der Waals surface area contributed by atoms with Gasteiger partial charge in [0.1, 0.15) is 0 Å². The summed E-state index contributed by atoms with van der Waals surface area (Å²) in [6.45, 7) is 8.46. The van der Waals surface area contributed by atoms with Crippen LogP contribution in [0.3, 0.4) is 0 Å². The second kappa shape index (κ2) is 6.58. The fourth-order valence-electron chi connectivity index (χ4n) is 2.81. The molecule has 0 unspecified atom stereocenters. The molecule has 1 aromatic heterocycles. The lowest BCUT2D eigenvalue weighted by Gasteiger charge is -2.35. The monoisotopic (exact) mass is 315 g/mol. The predicted molar refractivity (Wildman–Crippen MR) is 89.2 cm³/mol. The minimum absolute atomic E-state index is 0.127. The van der Waals surface area contributed by atoms with E-state index < -0.39 is 0 Å². The Hall–Kier alpha value is -1.72. The molecule has 0 radical (unpaired) electrons. The molecule has 1 fully saturated rings. The van der Waals surface area contributed by atoms with Crippen molar-refractivity contribution >= 4 is 17.4 Å². The number of hydrogen-bond acceptors (Lipinski definition) is 4. The number of rotatable bonds is 3. The van der Waals surface area contributed by atoms with Crippen LogP contribution in [-0.2, 0) is 6.54 Å². The highest BCUT2D eigenvalue weighted by Gasteiger charge is 2.24. The zero-order valence-corrected chi connectivity index (χ0v) is 13.9. The van der Waals surface area contributed by atoms with Gasteiger partial charge in [-0.15, -0.1) is 0 Å². The van der Waals surface area contributed by atoms with E-state index in [1.807, 2.05) is 17.2 Å². The molecule has 4 nitrogen and oxygen atoms in total. The molecule has 1 amide bonds. The third-order valence-electron chi connectivity index (χ3n) is 4.30. The Kier molecular flexibility index (Phi) is 4.55. The molecule has 0 saturated carbocycles. The maximum atomic E-state index is 12.5. The molecule has 1 saturated heterocycles. The van der Waals surface area contributed by atoms with Gasteiger partial charge in [0.05, 0.1) is 11.3 Å². The summed E-state index contributed by atoms with van der Waals surface area (Å²) in [7, 11) is 0. The first-order valence-electron chi connectivity index (χ1n) is 7.62. The van der Waals surface area contributed by atoms with Crippen LogP contribution in [0.1, 0.15) is 27.2 Å². The largest absolute Gasteiger partial charge is 0.336 e. The highest BCUT2D eigenvalue weighted by atomic mass is 32.1. The van der Waals surface area contributed by atoms with Gasteiger partial charge in [0.2, 0.25) is 0 Å². The Balaban J connectivity index is 1.58. The number of piperazine rings is 1. The first kappa shape index (κ1) is 15.2. The molecule has 0 N–H and O–H groups in total. The average molecular weight is 315 g/mol. The lowest BCUT2D eigenvalue weighted by atomic mass is 10.1. The molecule has 1 aromatic carbocycles. The van der Waals surface area contributed by atoms with Crippen molar-refractivity contribution in [3.05, 3.63) is 52.0 Å². The van der Waals surface area contributed by atoms with E-state index in [0.29, 0.717) is 0 Å². The van der Waals surface area contributed by atoms with Crippen LogP contribution in [-0.4, -0.2) is 46.3 Å². The fraction of sp³-hybridized carbons (Fsp3) is 0.412. The first-order chi connectivity index (χ1) is 10.6. The van der Waals surface area contributed by atoms with E-state index in [9.17, 15) is 4.79 Å². The maximum Gasteiger partial charge on any atom is 0.256 e. The second-order valence-electron chi connectivity index (χ2n) is 5.81. The van der Waals surface area contributed by atoms with Gasteiger partial charge in [-0.05, 0) is 36.5 Å². The lowest BCUT2D eigenvalue weighted by Crippen LogP contribution is -2.48. The third-order valence-corrected chi connectivity index (χ3v) is 5.02. The molecule has 116 valence electrons. The smallest absolute Gasteiger partial charge is 0.256 e. The molecule has 1 aliphatic heterocycles. The highest BCUT2D eigenvalue weighted by Crippen LogP contribution is 2.16. The lowest BCUT2D eigenvalue weighted by molar-refractivity contribution is 0.0628. The van der Waals surface area contributed by atoms with Crippen LogP contribution in [0, 0.1) is 13.8 Å². The van der Waals surface area contributed by atoms with Crippen molar-refractivity contribution in [1.82, 2.24) is 14.2 Å². The SMILES string of the molecule is Cc1ccccc1CN1CCN(C(=O)c2csnc2C)CC1. The van der Waals surface area contributed by atoms with Crippen molar-refractivity contribution in [2.24, 2.45) is 0 Å². The molecule has 0 aliphatic carbocycles. The zero-order chi connectivity index (χ0) is 15.5. The molecule has 2 heterocycles. The molecule has 5 heteroatoms. The van der Waals surface area contributed by atoms with E-state index in [4.69, 9.17) is 0 Å². The van der Waals surface area contributed by atoms with E-state index in [1.54, 1.807) is 0 Å². The number of aryl methyl sites for hydroxylation is 2. The summed E-state index contributed by atoms with van der Waals surface area (Å²) < 4.78 is 4.20. The topological polar surface area (TPSA) is 36.4 Å². The Morgan fingerprint density at radius 3 is 2.55 bits per heavy atom. The molecule has 0 spiro atoms. The van der Waals surface area contributed by atoms with E-state index in [2.05, 4.69) is 40.5 Å². The van der Waals surface area contributed by atoms with Crippen molar-refractivity contribution in [3.8, 4) is 0 Å². The van der Waals surface area contributed by atoms with Crippen LogP contribution in [0.5, 0.6) is 0 Å².